The third-order valence-electron chi connectivity index (χ3n) is 3.95. The molecule has 1 aliphatic rings. The minimum absolute atomic E-state index is 0.0458. The average molecular weight is 277 g/mol. The average Bonchev–Trinajstić information content (AvgIpc) is 2.45. The van der Waals surface area contributed by atoms with Crippen LogP contribution in [0.3, 0.4) is 0 Å². The van der Waals surface area contributed by atoms with E-state index in [0.717, 1.165) is 11.1 Å². The Kier molecular flexibility index (Phi) is 4.78. The number of ether oxygens (including phenoxy) is 1. The molecule has 20 heavy (non-hydrogen) atoms. The van der Waals surface area contributed by atoms with E-state index in [2.05, 4.69) is 5.32 Å². The largest absolute Gasteiger partial charge is 0.388 e. The minimum Gasteiger partial charge on any atom is -0.388 e. The number of benzene rings is 1. The fourth-order valence-corrected chi connectivity index (χ4v) is 2.42. The number of carbonyl (C=O) groups is 1. The monoisotopic (exact) mass is 277 g/mol. The lowest BCUT2D eigenvalue weighted by molar-refractivity contribution is -0.125. The summed E-state index contributed by atoms with van der Waals surface area (Å²) in [6.45, 7) is 5.31. The maximum Gasteiger partial charge on any atom is 0.227 e. The molecule has 1 atom stereocenters. The van der Waals surface area contributed by atoms with Crippen molar-refractivity contribution in [2.75, 3.05) is 19.8 Å². The summed E-state index contributed by atoms with van der Waals surface area (Å²) in [6.07, 6.45) is 1.15. The number of nitrogens with one attached hydrogen (secondary N) is 1. The molecule has 1 saturated heterocycles. The maximum atomic E-state index is 12.2. The zero-order valence-corrected chi connectivity index (χ0v) is 12.2. The molecule has 4 heteroatoms. The van der Waals surface area contributed by atoms with Crippen molar-refractivity contribution in [3.05, 3.63) is 35.4 Å². The van der Waals surface area contributed by atoms with E-state index in [1.54, 1.807) is 0 Å². The van der Waals surface area contributed by atoms with Crippen LogP contribution in [0.4, 0.5) is 0 Å². The Morgan fingerprint density at radius 1 is 1.45 bits per heavy atom. The summed E-state index contributed by atoms with van der Waals surface area (Å²) in [7, 11) is 0. The molecule has 1 aromatic carbocycles. The molecule has 1 aliphatic heterocycles. The van der Waals surface area contributed by atoms with E-state index in [0.29, 0.717) is 32.6 Å². The summed E-state index contributed by atoms with van der Waals surface area (Å²) < 4.78 is 5.23. The number of aliphatic hydroxyl groups is 1. The van der Waals surface area contributed by atoms with E-state index in [1.165, 1.54) is 0 Å². The van der Waals surface area contributed by atoms with Crippen LogP contribution in [0.2, 0.25) is 0 Å². The molecule has 2 N–H and O–H groups in total. The molecule has 0 aliphatic carbocycles. The van der Waals surface area contributed by atoms with Crippen molar-refractivity contribution in [1.29, 1.82) is 0 Å². The Hall–Kier alpha value is -1.39. The van der Waals surface area contributed by atoms with Crippen molar-refractivity contribution in [2.24, 2.45) is 0 Å². The van der Waals surface area contributed by atoms with E-state index in [4.69, 9.17) is 4.74 Å². The van der Waals surface area contributed by atoms with Crippen molar-refractivity contribution < 1.29 is 14.6 Å². The first-order chi connectivity index (χ1) is 9.50. The van der Waals surface area contributed by atoms with Gasteiger partial charge in [-0.25, -0.2) is 0 Å². The third kappa shape index (κ3) is 3.81. The van der Waals surface area contributed by atoms with Gasteiger partial charge in [-0.05, 0) is 19.4 Å². The van der Waals surface area contributed by atoms with Crippen LogP contribution >= 0.6 is 0 Å². The molecule has 1 fully saturated rings. The number of amides is 1. The molecule has 0 bridgehead atoms. The minimum atomic E-state index is -0.819. The van der Waals surface area contributed by atoms with Gasteiger partial charge in [0.25, 0.3) is 0 Å². The molecule has 1 heterocycles. The SMILES string of the molecule is Cc1cccc(C(C)C(=O)NCC2(O)CCOCC2)c1. The highest BCUT2D eigenvalue weighted by atomic mass is 16.5. The van der Waals surface area contributed by atoms with Crippen LogP contribution in [0.15, 0.2) is 24.3 Å². The van der Waals surface area contributed by atoms with E-state index < -0.39 is 5.60 Å². The van der Waals surface area contributed by atoms with Crippen LogP contribution in [-0.2, 0) is 9.53 Å². The third-order valence-corrected chi connectivity index (χ3v) is 3.95. The Morgan fingerprint density at radius 3 is 2.80 bits per heavy atom. The smallest absolute Gasteiger partial charge is 0.227 e. The number of carbonyl (C=O) groups excluding carboxylic acids is 1. The molecule has 1 aromatic rings. The number of hydrogen-bond acceptors (Lipinski definition) is 3. The normalized spacial score (nSPS) is 19.4. The zero-order chi connectivity index (χ0) is 14.6. The van der Waals surface area contributed by atoms with Crippen molar-refractivity contribution in [1.82, 2.24) is 5.32 Å². The summed E-state index contributed by atoms with van der Waals surface area (Å²) in [5, 5.41) is 13.2. The van der Waals surface area contributed by atoms with Gasteiger partial charge in [-0.3, -0.25) is 4.79 Å². The Labute approximate surface area is 120 Å². The molecule has 1 unspecified atom stereocenters. The van der Waals surface area contributed by atoms with E-state index >= 15 is 0 Å². The van der Waals surface area contributed by atoms with Crippen molar-refractivity contribution in [3.8, 4) is 0 Å². The molecule has 0 aromatic heterocycles. The highest BCUT2D eigenvalue weighted by molar-refractivity contribution is 5.83. The first kappa shape index (κ1) is 15.0. The van der Waals surface area contributed by atoms with Gasteiger partial charge in [0.15, 0.2) is 0 Å². The van der Waals surface area contributed by atoms with E-state index in [1.807, 2.05) is 38.1 Å². The van der Waals surface area contributed by atoms with Crippen LogP contribution in [-0.4, -0.2) is 36.4 Å². The van der Waals surface area contributed by atoms with E-state index in [-0.39, 0.29) is 11.8 Å². The molecule has 1 amide bonds. The lowest BCUT2D eigenvalue weighted by Gasteiger charge is -2.32. The molecular weight excluding hydrogens is 254 g/mol. The summed E-state index contributed by atoms with van der Waals surface area (Å²) in [5.41, 5.74) is 1.33. The van der Waals surface area contributed by atoms with Gasteiger partial charge in [0.1, 0.15) is 0 Å². The first-order valence-electron chi connectivity index (χ1n) is 7.15. The summed E-state index contributed by atoms with van der Waals surface area (Å²) in [6, 6.07) is 7.95. The Morgan fingerprint density at radius 2 is 2.15 bits per heavy atom. The lowest BCUT2D eigenvalue weighted by Crippen LogP contribution is -2.47. The second-order valence-electron chi connectivity index (χ2n) is 5.69. The number of hydrogen-bond donors (Lipinski definition) is 2. The van der Waals surface area contributed by atoms with Crippen LogP contribution in [0.5, 0.6) is 0 Å². The molecule has 4 nitrogen and oxygen atoms in total. The van der Waals surface area contributed by atoms with E-state index in [9.17, 15) is 9.90 Å². The Bertz CT molecular complexity index is 467. The predicted molar refractivity (Wildman–Crippen MR) is 77.6 cm³/mol. The maximum absolute atomic E-state index is 12.2. The molecule has 110 valence electrons. The second kappa shape index (κ2) is 6.37. The summed E-state index contributed by atoms with van der Waals surface area (Å²) in [5.74, 6) is -0.256. The predicted octanol–water partition coefficient (Wildman–Crippen LogP) is 1.76. The molecular formula is C16H23NO3. The van der Waals surface area contributed by atoms with Gasteiger partial charge >= 0.3 is 0 Å². The van der Waals surface area contributed by atoms with Gasteiger partial charge in [0, 0.05) is 32.6 Å². The zero-order valence-electron chi connectivity index (χ0n) is 12.2. The highest BCUT2D eigenvalue weighted by Crippen LogP contribution is 2.21. The molecule has 0 spiro atoms. The van der Waals surface area contributed by atoms with Gasteiger partial charge in [-0.1, -0.05) is 29.8 Å². The quantitative estimate of drug-likeness (QED) is 0.881. The lowest BCUT2D eigenvalue weighted by atomic mass is 9.93. The van der Waals surface area contributed by atoms with Gasteiger partial charge in [-0.2, -0.15) is 0 Å². The van der Waals surface area contributed by atoms with Crippen LogP contribution in [0.25, 0.3) is 0 Å². The van der Waals surface area contributed by atoms with Gasteiger partial charge in [0.2, 0.25) is 5.91 Å². The number of rotatable bonds is 4. The van der Waals surface area contributed by atoms with Gasteiger partial charge in [-0.15, -0.1) is 0 Å². The first-order valence-corrected chi connectivity index (χ1v) is 7.15. The van der Waals surface area contributed by atoms with Crippen LogP contribution in [0.1, 0.15) is 36.8 Å². The standard InChI is InChI=1S/C16H23NO3/c1-12-4-3-5-14(10-12)13(2)15(18)17-11-16(19)6-8-20-9-7-16/h3-5,10,13,19H,6-9,11H2,1-2H3,(H,17,18). The van der Waals surface area contributed by atoms with Crippen LogP contribution < -0.4 is 5.32 Å². The molecule has 2 rings (SSSR count). The topological polar surface area (TPSA) is 58.6 Å². The fraction of sp³-hybridized carbons (Fsp3) is 0.562. The summed E-state index contributed by atoms with van der Waals surface area (Å²) >= 11 is 0. The highest BCUT2D eigenvalue weighted by Gasteiger charge is 2.30. The van der Waals surface area contributed by atoms with Gasteiger partial charge in [0.05, 0.1) is 11.5 Å². The molecule has 0 saturated carbocycles. The Balaban J connectivity index is 1.91. The fourth-order valence-electron chi connectivity index (χ4n) is 2.42. The molecule has 0 radical (unpaired) electrons. The van der Waals surface area contributed by atoms with Crippen LogP contribution in [0, 0.1) is 6.92 Å². The van der Waals surface area contributed by atoms with Crippen molar-refractivity contribution in [2.45, 2.75) is 38.2 Å². The van der Waals surface area contributed by atoms with Crippen molar-refractivity contribution in [3.63, 3.8) is 0 Å². The van der Waals surface area contributed by atoms with Crippen molar-refractivity contribution >= 4 is 5.91 Å². The second-order valence-corrected chi connectivity index (χ2v) is 5.69. The number of aryl methyl sites for hydroxylation is 1. The van der Waals surface area contributed by atoms with Gasteiger partial charge < -0.3 is 15.2 Å². The summed E-state index contributed by atoms with van der Waals surface area (Å²) in [4.78, 5) is 12.2.